The molecule has 0 spiro atoms. The maximum absolute atomic E-state index is 2.19. The second kappa shape index (κ2) is 9.76. The van der Waals surface area contributed by atoms with E-state index in [-0.39, 0.29) is 43.2 Å². The van der Waals surface area contributed by atoms with Gasteiger partial charge in [0.25, 0.3) is 0 Å². The smallest absolute Gasteiger partial charge is 0.0969 e. The molecule has 0 aromatic heterocycles. The van der Waals surface area contributed by atoms with E-state index in [1.54, 1.807) is 0 Å². The largest absolute Gasteiger partial charge is 0.870 e. The zero-order valence-corrected chi connectivity index (χ0v) is 7.59. The monoisotopic (exact) mass is 134 g/mol. The molecule has 3 heteroatoms. The van der Waals surface area contributed by atoms with E-state index in [2.05, 4.69) is 18.8 Å². The number of hydrogen-bond donors (Lipinski definition) is 0. The van der Waals surface area contributed by atoms with Crippen LogP contribution >= 0.6 is 0 Å². The Balaban J connectivity index is -0.0000000450. The Morgan fingerprint density at radius 2 is 1.00 bits per heavy atom. The van der Waals surface area contributed by atoms with E-state index in [0.717, 1.165) is 0 Å². The summed E-state index contributed by atoms with van der Waals surface area (Å²) in [5.41, 5.74) is 0. The summed E-state index contributed by atoms with van der Waals surface area (Å²) < 4.78 is 0. The van der Waals surface area contributed by atoms with Gasteiger partial charge in [0.15, 0.2) is 0 Å². The first-order valence-corrected chi connectivity index (χ1v) is 3.67. The number of rotatable bonds is 0. The molecule has 0 aliphatic heterocycles. The van der Waals surface area contributed by atoms with E-state index in [1.165, 1.54) is 0 Å². The summed E-state index contributed by atoms with van der Waals surface area (Å²) in [6.45, 7) is 0. The van der Waals surface area contributed by atoms with Gasteiger partial charge in [-0.15, -0.1) is 0 Å². The average Bonchev–Trinajstić information content (AvgIpc) is 0.811. The van der Waals surface area contributed by atoms with Crippen LogP contribution in [0.4, 0.5) is 0 Å². The van der Waals surface area contributed by atoms with Gasteiger partial charge in [-0.1, -0.05) is 0 Å². The van der Waals surface area contributed by atoms with Crippen molar-refractivity contribution in [2.75, 3.05) is 18.8 Å². The molecular weight excluding hydrogens is 124 g/mol. The van der Waals surface area contributed by atoms with Crippen molar-refractivity contribution in [3.63, 3.8) is 0 Å². The van der Waals surface area contributed by atoms with Gasteiger partial charge in [0.2, 0.25) is 0 Å². The van der Waals surface area contributed by atoms with Gasteiger partial charge in [0.05, 0.1) is 18.8 Å². The van der Waals surface area contributed by atoms with Gasteiger partial charge < -0.3 is 5.48 Å². The minimum Gasteiger partial charge on any atom is -0.870 e. The first kappa shape index (κ1) is 15.6. The molecule has 36 valence electrons. The first-order valence-electron chi connectivity index (χ1n) is 1.22. The van der Waals surface area contributed by atoms with Crippen LogP contribution in [-0.4, -0.2) is 62.0 Å². The molecule has 2 radical (unpaired) electrons. The third-order valence-corrected chi connectivity index (χ3v) is 0. The van der Waals surface area contributed by atoms with Gasteiger partial charge in [-0.2, -0.15) is 0 Å². The molecule has 0 rings (SSSR count). The van der Waals surface area contributed by atoms with Crippen molar-refractivity contribution >= 4 is 48.6 Å². The van der Waals surface area contributed by atoms with Crippen LogP contribution in [0.15, 0.2) is 0 Å². The fourth-order valence-electron chi connectivity index (χ4n) is 0. The van der Waals surface area contributed by atoms with Crippen molar-refractivity contribution in [3.8, 4) is 0 Å². The van der Waals surface area contributed by atoms with E-state index >= 15 is 0 Å². The molecule has 0 bridgehead atoms. The van der Waals surface area contributed by atoms with E-state index in [1.807, 2.05) is 0 Å². The molecular formula is C3H10CaOS. The molecule has 0 aliphatic rings. The van der Waals surface area contributed by atoms with E-state index < -0.39 is 0 Å². The predicted octanol–water partition coefficient (Wildman–Crippen LogP) is -0.0635. The molecule has 0 atom stereocenters. The molecule has 0 unspecified atom stereocenters. The summed E-state index contributed by atoms with van der Waals surface area (Å²) in [7, 11) is 0.639. The fraction of sp³-hybridized carbons (Fsp3) is 1.00. The molecule has 0 saturated heterocycles. The van der Waals surface area contributed by atoms with Gasteiger partial charge in [-0.25, -0.2) is 0 Å². The summed E-state index contributed by atoms with van der Waals surface area (Å²) in [5, 5.41) is 0. The minimum absolute atomic E-state index is 0. The van der Waals surface area contributed by atoms with Crippen molar-refractivity contribution in [1.29, 1.82) is 0 Å². The molecule has 0 saturated carbocycles. The van der Waals surface area contributed by atoms with Gasteiger partial charge in [0, 0.05) is 37.7 Å². The summed E-state index contributed by atoms with van der Waals surface area (Å²) in [6.07, 6.45) is 6.58. The quantitative estimate of drug-likeness (QED) is 0.337. The van der Waals surface area contributed by atoms with Gasteiger partial charge >= 0.3 is 0 Å². The Morgan fingerprint density at radius 3 is 1.00 bits per heavy atom. The van der Waals surface area contributed by atoms with Crippen molar-refractivity contribution in [3.05, 3.63) is 0 Å². The first-order chi connectivity index (χ1) is 1.73. The molecule has 1 nitrogen and oxygen atoms in total. The molecule has 0 amide bonds. The normalized spacial score (nSPS) is 6.00. The average molecular weight is 134 g/mol. The van der Waals surface area contributed by atoms with Crippen LogP contribution in [0.1, 0.15) is 0 Å². The minimum atomic E-state index is 0. The Bertz CT molecular complexity index is 15.5. The van der Waals surface area contributed by atoms with E-state index in [0.29, 0.717) is 10.9 Å². The molecule has 0 fully saturated rings. The fourth-order valence-corrected chi connectivity index (χ4v) is 0. The SMILES string of the molecule is C[S+](C)C.[Ca].[OH-]. The van der Waals surface area contributed by atoms with Crippen molar-refractivity contribution in [2.45, 2.75) is 0 Å². The van der Waals surface area contributed by atoms with Crippen LogP contribution in [0, 0.1) is 0 Å². The van der Waals surface area contributed by atoms with Crippen LogP contribution in [0.2, 0.25) is 0 Å². The number of hydrogen-bond acceptors (Lipinski definition) is 1. The van der Waals surface area contributed by atoms with Gasteiger partial charge in [0.1, 0.15) is 0 Å². The predicted molar refractivity (Wildman–Crippen MR) is 32.8 cm³/mol. The molecule has 0 aromatic rings. The second-order valence-electron chi connectivity index (χ2n) is 1.22. The van der Waals surface area contributed by atoms with Gasteiger partial charge in [-0.3, -0.25) is 0 Å². The molecule has 6 heavy (non-hydrogen) atoms. The Hall–Kier alpha value is 1.57. The van der Waals surface area contributed by atoms with Crippen LogP contribution in [0.5, 0.6) is 0 Å². The van der Waals surface area contributed by atoms with Crippen LogP contribution < -0.4 is 0 Å². The molecule has 0 aliphatic carbocycles. The topological polar surface area (TPSA) is 30.0 Å². The maximum atomic E-state index is 2.19. The van der Waals surface area contributed by atoms with Crippen LogP contribution in [0.25, 0.3) is 0 Å². The standard InChI is InChI=1S/C3H9S.Ca.H2O/c1-4(2)3;;/h1-3H3;;1H2/q+1;;/p-1. The maximum Gasteiger partial charge on any atom is 0.0969 e. The summed E-state index contributed by atoms with van der Waals surface area (Å²) in [4.78, 5) is 0. The molecule has 0 heterocycles. The second-order valence-corrected chi connectivity index (χ2v) is 3.67. The van der Waals surface area contributed by atoms with Crippen molar-refractivity contribution in [1.82, 2.24) is 0 Å². The Labute approximate surface area is 72.2 Å². The van der Waals surface area contributed by atoms with E-state index in [4.69, 9.17) is 0 Å². The van der Waals surface area contributed by atoms with Crippen molar-refractivity contribution in [2.24, 2.45) is 0 Å². The molecule has 0 aromatic carbocycles. The van der Waals surface area contributed by atoms with Crippen LogP contribution in [-0.2, 0) is 10.9 Å². The summed E-state index contributed by atoms with van der Waals surface area (Å²) in [6, 6.07) is 0. The van der Waals surface area contributed by atoms with Crippen LogP contribution in [0.3, 0.4) is 0 Å². The third kappa shape index (κ3) is 47.2. The van der Waals surface area contributed by atoms with Gasteiger partial charge in [-0.05, 0) is 10.9 Å². The Morgan fingerprint density at radius 1 is 1.00 bits per heavy atom. The zero-order valence-electron chi connectivity index (χ0n) is 4.56. The summed E-state index contributed by atoms with van der Waals surface area (Å²) >= 11 is 0. The Kier molecular flexibility index (Phi) is 25.4. The van der Waals surface area contributed by atoms with Crippen molar-refractivity contribution < 1.29 is 5.48 Å². The molecule has 1 N–H and O–H groups in total. The summed E-state index contributed by atoms with van der Waals surface area (Å²) in [5.74, 6) is 0. The van der Waals surface area contributed by atoms with E-state index in [9.17, 15) is 0 Å². The zero-order chi connectivity index (χ0) is 3.58. The third-order valence-electron chi connectivity index (χ3n) is 0.